The highest BCUT2D eigenvalue weighted by molar-refractivity contribution is 5.98. The van der Waals surface area contributed by atoms with Crippen LogP contribution in [0.5, 0.6) is 0 Å². The van der Waals surface area contributed by atoms with Crippen molar-refractivity contribution >= 4 is 16.7 Å². The molecule has 0 saturated heterocycles. The van der Waals surface area contributed by atoms with Gasteiger partial charge < -0.3 is 10.1 Å². The number of carbonyl (C=O) groups excluding carboxylic acids is 1. The van der Waals surface area contributed by atoms with E-state index in [9.17, 15) is 14.4 Å². The van der Waals surface area contributed by atoms with Gasteiger partial charge in [0.1, 0.15) is 0 Å². The molecule has 1 fully saturated rings. The van der Waals surface area contributed by atoms with Gasteiger partial charge in [-0.05, 0) is 50.3 Å². The molecule has 7 heteroatoms. The van der Waals surface area contributed by atoms with E-state index in [1.165, 1.54) is 12.1 Å². The Labute approximate surface area is 138 Å². The Bertz CT molecular complexity index is 849. The number of amides is 1. The van der Waals surface area contributed by atoms with Gasteiger partial charge in [0.25, 0.3) is 17.0 Å². The Morgan fingerprint density at radius 2 is 1.92 bits per heavy atom. The topological polar surface area (TPSA) is 104 Å². The summed E-state index contributed by atoms with van der Waals surface area (Å²) in [5.41, 5.74) is -0.430. The molecule has 0 aliphatic heterocycles. The molecule has 1 saturated carbocycles. The molecule has 3 rings (SSSR count). The fraction of sp³-hybridized carbons (Fsp3) is 0.471. The molecule has 1 aromatic carbocycles. The second kappa shape index (κ2) is 7.00. The minimum absolute atomic E-state index is 0.213. The second-order valence-electron chi connectivity index (χ2n) is 6.13. The second-order valence-corrected chi connectivity index (χ2v) is 6.13. The summed E-state index contributed by atoms with van der Waals surface area (Å²) in [6.07, 6.45) is 3.40. The van der Waals surface area contributed by atoms with Crippen molar-refractivity contribution in [1.82, 2.24) is 15.5 Å². The summed E-state index contributed by atoms with van der Waals surface area (Å²) in [5.74, 6) is 0.358. The Morgan fingerprint density at radius 1 is 1.21 bits per heavy atom. The van der Waals surface area contributed by atoms with Gasteiger partial charge in [-0.25, -0.2) is 0 Å². The van der Waals surface area contributed by atoms with E-state index in [0.29, 0.717) is 24.1 Å². The van der Waals surface area contributed by atoms with Crippen LogP contribution in [-0.2, 0) is 4.74 Å². The highest BCUT2D eigenvalue weighted by Gasteiger charge is 2.28. The summed E-state index contributed by atoms with van der Waals surface area (Å²) in [6, 6.07) is 4.50. The summed E-state index contributed by atoms with van der Waals surface area (Å²) in [5, 5.41) is 7.87. The first-order chi connectivity index (χ1) is 11.6. The van der Waals surface area contributed by atoms with Crippen molar-refractivity contribution in [3.63, 3.8) is 0 Å². The van der Waals surface area contributed by atoms with Crippen molar-refractivity contribution < 1.29 is 9.53 Å². The molecule has 0 atom stereocenters. The van der Waals surface area contributed by atoms with Gasteiger partial charge >= 0.3 is 0 Å². The number of hydrogen-bond donors (Lipinski definition) is 3. The van der Waals surface area contributed by atoms with Gasteiger partial charge in [-0.3, -0.25) is 24.6 Å². The van der Waals surface area contributed by atoms with Gasteiger partial charge in [-0.1, -0.05) is 0 Å². The summed E-state index contributed by atoms with van der Waals surface area (Å²) >= 11 is 0. The fourth-order valence-electron chi connectivity index (χ4n) is 3.09. The monoisotopic (exact) mass is 331 g/mol. The van der Waals surface area contributed by atoms with Crippen LogP contribution in [0, 0.1) is 5.92 Å². The Hall–Kier alpha value is -2.41. The lowest BCUT2D eigenvalue weighted by Gasteiger charge is -2.34. The average Bonchev–Trinajstić information content (AvgIpc) is 2.55. The third kappa shape index (κ3) is 3.41. The molecule has 1 aliphatic carbocycles. The summed E-state index contributed by atoms with van der Waals surface area (Å²) in [7, 11) is 0. The average molecular weight is 331 g/mol. The van der Waals surface area contributed by atoms with Crippen molar-refractivity contribution in [3.8, 4) is 0 Å². The van der Waals surface area contributed by atoms with Crippen molar-refractivity contribution in [2.75, 3.05) is 13.2 Å². The molecule has 0 unspecified atom stereocenters. The normalized spacial score (nSPS) is 19.9. The Balaban J connectivity index is 1.58. The Kier molecular flexibility index (Phi) is 4.80. The van der Waals surface area contributed by atoms with E-state index < -0.39 is 5.56 Å². The van der Waals surface area contributed by atoms with Crippen LogP contribution in [0.3, 0.4) is 0 Å². The smallest absolute Gasteiger partial charge is 0.270 e. The molecular weight excluding hydrogens is 310 g/mol. The molecule has 24 heavy (non-hydrogen) atoms. The van der Waals surface area contributed by atoms with Crippen molar-refractivity contribution in [2.24, 2.45) is 5.92 Å². The van der Waals surface area contributed by atoms with Crippen LogP contribution in [0.1, 0.15) is 36.5 Å². The quantitative estimate of drug-likeness (QED) is 0.738. The molecular formula is C17H21N3O4. The van der Waals surface area contributed by atoms with Crippen LogP contribution >= 0.6 is 0 Å². The summed E-state index contributed by atoms with van der Waals surface area (Å²) < 4.78 is 5.52. The number of nitrogens with one attached hydrogen (secondary N) is 3. The SMILES string of the molecule is CCOC1CC(CCNC(=O)c2ccc3c(=O)[nH][nH]c(=O)c3c2)C1. The lowest BCUT2D eigenvalue weighted by atomic mass is 9.80. The molecule has 3 N–H and O–H groups in total. The van der Waals surface area contributed by atoms with Crippen molar-refractivity contribution in [3.05, 3.63) is 44.5 Å². The zero-order valence-corrected chi connectivity index (χ0v) is 13.6. The van der Waals surface area contributed by atoms with Crippen LogP contribution in [0.25, 0.3) is 10.8 Å². The third-order valence-electron chi connectivity index (χ3n) is 4.49. The Morgan fingerprint density at radius 3 is 2.62 bits per heavy atom. The zero-order valence-electron chi connectivity index (χ0n) is 13.6. The number of fused-ring (bicyclic) bond motifs is 1. The van der Waals surface area contributed by atoms with Gasteiger partial charge in [-0.2, -0.15) is 0 Å². The molecule has 1 amide bonds. The van der Waals surface area contributed by atoms with E-state index in [1.54, 1.807) is 6.07 Å². The third-order valence-corrected chi connectivity index (χ3v) is 4.49. The van der Waals surface area contributed by atoms with Crippen LogP contribution in [0.4, 0.5) is 0 Å². The molecule has 7 nitrogen and oxygen atoms in total. The molecule has 0 radical (unpaired) electrons. The standard InChI is InChI=1S/C17H21N3O4/c1-2-24-12-7-10(8-12)5-6-18-15(21)11-3-4-13-14(9-11)17(23)20-19-16(13)22/h3-4,9-10,12H,2,5-8H2,1H3,(H,18,21)(H,19,22)(H,20,23). The first-order valence-electron chi connectivity index (χ1n) is 8.23. The highest BCUT2D eigenvalue weighted by atomic mass is 16.5. The fourth-order valence-corrected chi connectivity index (χ4v) is 3.09. The zero-order chi connectivity index (χ0) is 17.1. The van der Waals surface area contributed by atoms with E-state index >= 15 is 0 Å². The van der Waals surface area contributed by atoms with Crippen molar-refractivity contribution in [2.45, 2.75) is 32.3 Å². The molecule has 0 spiro atoms. The van der Waals surface area contributed by atoms with Crippen molar-refractivity contribution in [1.29, 1.82) is 0 Å². The maximum atomic E-state index is 12.2. The number of aromatic nitrogens is 2. The molecule has 1 aromatic heterocycles. The molecule has 128 valence electrons. The number of carbonyl (C=O) groups is 1. The van der Waals surface area contributed by atoms with Gasteiger partial charge in [0.2, 0.25) is 0 Å². The summed E-state index contributed by atoms with van der Waals surface area (Å²) in [6.45, 7) is 3.33. The van der Waals surface area contributed by atoms with E-state index in [1.807, 2.05) is 6.92 Å². The van der Waals surface area contributed by atoms with Gasteiger partial charge in [0, 0.05) is 18.7 Å². The largest absolute Gasteiger partial charge is 0.378 e. The van der Waals surface area contributed by atoms with Gasteiger partial charge in [0.05, 0.1) is 16.9 Å². The van der Waals surface area contributed by atoms with Crippen LogP contribution in [0.15, 0.2) is 27.8 Å². The summed E-state index contributed by atoms with van der Waals surface area (Å²) in [4.78, 5) is 35.6. The maximum Gasteiger partial charge on any atom is 0.270 e. The van der Waals surface area contributed by atoms with E-state index in [4.69, 9.17) is 4.74 Å². The van der Waals surface area contributed by atoms with Gasteiger partial charge in [0.15, 0.2) is 0 Å². The molecule has 1 aliphatic rings. The predicted molar refractivity (Wildman–Crippen MR) is 90.3 cm³/mol. The minimum Gasteiger partial charge on any atom is -0.378 e. The molecule has 2 aromatic rings. The first kappa shape index (κ1) is 16.4. The lowest BCUT2D eigenvalue weighted by molar-refractivity contribution is -0.0261. The van der Waals surface area contributed by atoms with Crippen LogP contribution in [0.2, 0.25) is 0 Å². The predicted octanol–water partition coefficient (Wildman–Crippen LogP) is 1.15. The first-order valence-corrected chi connectivity index (χ1v) is 8.23. The van der Waals surface area contributed by atoms with Crippen LogP contribution < -0.4 is 16.4 Å². The number of rotatable bonds is 6. The lowest BCUT2D eigenvalue weighted by Crippen LogP contribution is -2.34. The van der Waals surface area contributed by atoms with Crippen LogP contribution in [-0.4, -0.2) is 35.4 Å². The van der Waals surface area contributed by atoms with E-state index in [-0.39, 0.29) is 22.2 Å². The van der Waals surface area contributed by atoms with Gasteiger partial charge in [-0.15, -0.1) is 0 Å². The number of benzene rings is 1. The molecule has 1 heterocycles. The number of aromatic amines is 2. The number of H-pyrrole nitrogens is 2. The molecule has 0 bridgehead atoms. The highest BCUT2D eigenvalue weighted by Crippen LogP contribution is 2.32. The number of hydrogen-bond acceptors (Lipinski definition) is 4. The van der Waals surface area contributed by atoms with E-state index in [0.717, 1.165) is 25.9 Å². The maximum absolute atomic E-state index is 12.2. The van der Waals surface area contributed by atoms with E-state index in [2.05, 4.69) is 15.5 Å². The minimum atomic E-state index is -0.421. The number of ether oxygens (including phenoxy) is 1.